The number of piperazine rings is 1. The Kier molecular flexibility index (Phi) is 5.83. The number of hydrogen-bond acceptors (Lipinski definition) is 4. The maximum Gasteiger partial charge on any atom is 0.314 e. The summed E-state index contributed by atoms with van der Waals surface area (Å²) in [7, 11) is 1.54. The third-order valence-electron chi connectivity index (χ3n) is 5.30. The summed E-state index contributed by atoms with van der Waals surface area (Å²) in [5.74, 6) is 0.305. The molecular formula is C19H26N4O4. The standard InChI is InChI=1S/C19H26N4O4/c1-27-16-7-3-2-6-15(16)18(25)22-11-9-21(10-12-22)17(24)14-5-4-8-23(13-14)19(20)26/h2-3,6-7,14H,4-5,8-13H2,1H3,(H2,20,26). The Morgan fingerprint density at radius 2 is 1.67 bits per heavy atom. The number of nitrogens with zero attached hydrogens (tertiary/aromatic N) is 3. The largest absolute Gasteiger partial charge is 0.496 e. The van der Waals surface area contributed by atoms with E-state index in [4.69, 9.17) is 10.5 Å². The lowest BCUT2D eigenvalue weighted by atomic mass is 9.96. The molecule has 1 aromatic carbocycles. The topological polar surface area (TPSA) is 96.2 Å². The Morgan fingerprint density at radius 3 is 2.33 bits per heavy atom. The highest BCUT2D eigenvalue weighted by Gasteiger charge is 2.33. The van der Waals surface area contributed by atoms with Crippen molar-refractivity contribution in [2.45, 2.75) is 12.8 Å². The van der Waals surface area contributed by atoms with Crippen LogP contribution in [-0.4, -0.2) is 78.9 Å². The van der Waals surface area contributed by atoms with E-state index in [-0.39, 0.29) is 17.7 Å². The number of hydrogen-bond donors (Lipinski definition) is 1. The Hall–Kier alpha value is -2.77. The molecule has 0 saturated carbocycles. The van der Waals surface area contributed by atoms with Crippen molar-refractivity contribution >= 4 is 17.8 Å². The van der Waals surface area contributed by atoms with Gasteiger partial charge in [0.05, 0.1) is 18.6 Å². The maximum atomic E-state index is 12.8. The molecule has 1 aromatic rings. The highest BCUT2D eigenvalue weighted by Crippen LogP contribution is 2.22. The molecule has 2 N–H and O–H groups in total. The number of primary amides is 1. The summed E-state index contributed by atoms with van der Waals surface area (Å²) in [5.41, 5.74) is 5.88. The van der Waals surface area contributed by atoms with Crippen molar-refractivity contribution in [3.63, 3.8) is 0 Å². The number of methoxy groups -OCH3 is 1. The van der Waals surface area contributed by atoms with E-state index < -0.39 is 6.03 Å². The molecule has 1 atom stereocenters. The minimum Gasteiger partial charge on any atom is -0.496 e. The highest BCUT2D eigenvalue weighted by molar-refractivity contribution is 5.97. The van der Waals surface area contributed by atoms with Gasteiger partial charge in [0.1, 0.15) is 5.75 Å². The molecule has 3 rings (SSSR count). The summed E-state index contributed by atoms with van der Waals surface area (Å²) >= 11 is 0. The van der Waals surface area contributed by atoms with Gasteiger partial charge >= 0.3 is 6.03 Å². The Labute approximate surface area is 158 Å². The van der Waals surface area contributed by atoms with Crippen molar-refractivity contribution in [2.24, 2.45) is 11.7 Å². The molecule has 0 aromatic heterocycles. The Balaban J connectivity index is 1.57. The Bertz CT molecular complexity index is 715. The fourth-order valence-corrected chi connectivity index (χ4v) is 3.76. The highest BCUT2D eigenvalue weighted by atomic mass is 16.5. The number of carbonyl (C=O) groups is 3. The monoisotopic (exact) mass is 374 g/mol. The van der Waals surface area contributed by atoms with Crippen LogP contribution in [0.15, 0.2) is 24.3 Å². The molecule has 2 aliphatic rings. The van der Waals surface area contributed by atoms with Gasteiger partial charge in [0, 0.05) is 39.3 Å². The average molecular weight is 374 g/mol. The van der Waals surface area contributed by atoms with Crippen molar-refractivity contribution in [3.8, 4) is 5.75 Å². The first-order chi connectivity index (χ1) is 13.0. The number of likely N-dealkylation sites (tertiary alicyclic amines) is 1. The number of urea groups is 1. The molecule has 0 aliphatic carbocycles. The number of para-hydroxylation sites is 1. The average Bonchev–Trinajstić information content (AvgIpc) is 2.72. The van der Waals surface area contributed by atoms with Crippen molar-refractivity contribution < 1.29 is 19.1 Å². The van der Waals surface area contributed by atoms with Gasteiger partial charge in [0.25, 0.3) is 5.91 Å². The fraction of sp³-hybridized carbons (Fsp3) is 0.526. The van der Waals surface area contributed by atoms with Gasteiger partial charge in [-0.1, -0.05) is 12.1 Å². The second kappa shape index (κ2) is 8.28. The smallest absolute Gasteiger partial charge is 0.314 e. The molecule has 146 valence electrons. The molecule has 8 heteroatoms. The summed E-state index contributed by atoms with van der Waals surface area (Å²) in [6, 6.07) is 6.67. The zero-order valence-electron chi connectivity index (χ0n) is 15.6. The number of rotatable bonds is 3. The molecular weight excluding hydrogens is 348 g/mol. The zero-order valence-corrected chi connectivity index (χ0v) is 15.6. The van der Waals surface area contributed by atoms with E-state index in [1.165, 1.54) is 4.90 Å². The normalized spacial score (nSPS) is 20.3. The molecule has 27 heavy (non-hydrogen) atoms. The quantitative estimate of drug-likeness (QED) is 0.845. The minimum atomic E-state index is -0.472. The van der Waals surface area contributed by atoms with Crippen LogP contribution in [0.1, 0.15) is 23.2 Å². The molecule has 0 radical (unpaired) electrons. The van der Waals surface area contributed by atoms with E-state index in [9.17, 15) is 14.4 Å². The van der Waals surface area contributed by atoms with Crippen molar-refractivity contribution in [3.05, 3.63) is 29.8 Å². The van der Waals surface area contributed by atoms with E-state index in [0.29, 0.717) is 50.6 Å². The minimum absolute atomic E-state index is 0.0466. The lowest BCUT2D eigenvalue weighted by Gasteiger charge is -2.38. The van der Waals surface area contributed by atoms with E-state index in [1.54, 1.807) is 29.0 Å². The van der Waals surface area contributed by atoms with Gasteiger partial charge in [-0.05, 0) is 25.0 Å². The van der Waals surface area contributed by atoms with E-state index >= 15 is 0 Å². The van der Waals surface area contributed by atoms with Crippen molar-refractivity contribution in [1.82, 2.24) is 14.7 Å². The van der Waals surface area contributed by atoms with Crippen LogP contribution in [0.3, 0.4) is 0 Å². The third-order valence-corrected chi connectivity index (χ3v) is 5.30. The molecule has 2 heterocycles. The zero-order chi connectivity index (χ0) is 19.4. The van der Waals surface area contributed by atoms with E-state index in [1.807, 2.05) is 12.1 Å². The molecule has 2 aliphatic heterocycles. The molecule has 1 unspecified atom stereocenters. The van der Waals surface area contributed by atoms with Crippen LogP contribution < -0.4 is 10.5 Å². The maximum absolute atomic E-state index is 12.8. The number of benzene rings is 1. The van der Waals surface area contributed by atoms with Crippen LogP contribution in [0.25, 0.3) is 0 Å². The van der Waals surface area contributed by atoms with Gasteiger partial charge in [0.15, 0.2) is 0 Å². The summed E-state index contributed by atoms with van der Waals surface area (Å²) in [6.07, 6.45) is 1.55. The summed E-state index contributed by atoms with van der Waals surface area (Å²) in [6.45, 7) is 2.94. The molecule has 2 fully saturated rings. The number of piperidine rings is 1. The molecule has 4 amide bonds. The van der Waals surface area contributed by atoms with Crippen LogP contribution in [0.5, 0.6) is 5.75 Å². The van der Waals surface area contributed by atoms with Gasteiger partial charge < -0.3 is 25.2 Å². The van der Waals surface area contributed by atoms with Gasteiger partial charge in [-0.25, -0.2) is 4.79 Å². The summed E-state index contributed by atoms with van der Waals surface area (Å²) in [4.78, 5) is 42.0. The first kappa shape index (κ1) is 19.0. The fourth-order valence-electron chi connectivity index (χ4n) is 3.76. The van der Waals surface area contributed by atoms with Crippen LogP contribution in [0.2, 0.25) is 0 Å². The van der Waals surface area contributed by atoms with Crippen LogP contribution >= 0.6 is 0 Å². The van der Waals surface area contributed by atoms with Crippen LogP contribution in [0.4, 0.5) is 4.79 Å². The third kappa shape index (κ3) is 4.15. The van der Waals surface area contributed by atoms with Crippen molar-refractivity contribution in [2.75, 3.05) is 46.4 Å². The summed E-state index contributed by atoms with van der Waals surface area (Å²) in [5, 5.41) is 0. The van der Waals surface area contributed by atoms with Gasteiger partial charge in [-0.15, -0.1) is 0 Å². The predicted molar refractivity (Wildman–Crippen MR) is 99.4 cm³/mol. The first-order valence-corrected chi connectivity index (χ1v) is 9.26. The van der Waals surface area contributed by atoms with Gasteiger partial charge in [0.2, 0.25) is 5.91 Å². The second-order valence-corrected chi connectivity index (χ2v) is 6.94. The number of amides is 4. The number of carbonyl (C=O) groups excluding carboxylic acids is 3. The van der Waals surface area contributed by atoms with E-state index in [2.05, 4.69) is 0 Å². The van der Waals surface area contributed by atoms with Gasteiger partial charge in [-0.3, -0.25) is 9.59 Å². The first-order valence-electron chi connectivity index (χ1n) is 9.26. The predicted octanol–water partition coefficient (Wildman–Crippen LogP) is 0.770. The van der Waals surface area contributed by atoms with Crippen molar-refractivity contribution in [1.29, 1.82) is 0 Å². The number of ether oxygens (including phenoxy) is 1. The SMILES string of the molecule is COc1ccccc1C(=O)N1CCN(C(=O)C2CCCN(C(N)=O)C2)CC1. The molecule has 2 saturated heterocycles. The van der Waals surface area contributed by atoms with E-state index in [0.717, 1.165) is 12.8 Å². The Morgan fingerprint density at radius 1 is 1.00 bits per heavy atom. The summed E-state index contributed by atoms with van der Waals surface area (Å²) < 4.78 is 5.27. The van der Waals surface area contributed by atoms with Gasteiger partial charge in [-0.2, -0.15) is 0 Å². The van der Waals surface area contributed by atoms with Crippen LogP contribution in [0, 0.1) is 5.92 Å². The second-order valence-electron chi connectivity index (χ2n) is 6.94. The van der Waals surface area contributed by atoms with Crippen LogP contribution in [-0.2, 0) is 4.79 Å². The number of nitrogens with two attached hydrogens (primary N) is 1. The lowest BCUT2D eigenvalue weighted by molar-refractivity contribution is -0.138. The molecule has 0 spiro atoms. The lowest BCUT2D eigenvalue weighted by Crippen LogP contribution is -2.54. The molecule has 8 nitrogen and oxygen atoms in total. The molecule has 0 bridgehead atoms.